The van der Waals surface area contributed by atoms with E-state index in [0.29, 0.717) is 22.3 Å². The van der Waals surface area contributed by atoms with E-state index in [4.69, 9.17) is 16.2 Å². The van der Waals surface area contributed by atoms with Crippen molar-refractivity contribution in [2.45, 2.75) is 4.90 Å². The van der Waals surface area contributed by atoms with Crippen molar-refractivity contribution in [1.82, 2.24) is 0 Å². The van der Waals surface area contributed by atoms with Crippen molar-refractivity contribution in [2.24, 2.45) is 0 Å². The minimum Gasteiger partial charge on any atom is -0.289 e. The Hall–Kier alpha value is -2.87. The number of carbonyl (C=O) groups is 2. The molecule has 0 heterocycles. The normalized spacial score (nSPS) is 12.5. The molecule has 0 radical (unpaired) electrons. The highest BCUT2D eigenvalue weighted by Gasteiger charge is 2.28. The third kappa shape index (κ3) is 3.87. The first-order valence-electron chi connectivity index (χ1n) is 7.90. The van der Waals surface area contributed by atoms with Crippen molar-refractivity contribution in [3.63, 3.8) is 0 Å². The van der Waals surface area contributed by atoms with Crippen LogP contribution in [0.2, 0.25) is 5.02 Å². The summed E-state index contributed by atoms with van der Waals surface area (Å²) in [7, 11) is -4.29. The molecule has 1 N–H and O–H groups in total. The number of ketones is 2. The van der Waals surface area contributed by atoms with Crippen molar-refractivity contribution in [2.75, 3.05) is 0 Å². The molecule has 0 fully saturated rings. The van der Waals surface area contributed by atoms with Crippen LogP contribution in [0.3, 0.4) is 0 Å². The Labute approximate surface area is 165 Å². The number of fused-ring (bicyclic) bond motifs is 2. The summed E-state index contributed by atoms with van der Waals surface area (Å²) in [5.41, 5.74) is 2.02. The fourth-order valence-electron chi connectivity index (χ4n) is 2.69. The van der Waals surface area contributed by atoms with E-state index in [2.05, 4.69) is 0 Å². The minimum absolute atomic E-state index is 0.0641. The van der Waals surface area contributed by atoms with Gasteiger partial charge in [-0.1, -0.05) is 60.1 Å². The Bertz CT molecular complexity index is 1100. The van der Waals surface area contributed by atoms with Gasteiger partial charge in [-0.3, -0.25) is 14.1 Å². The summed E-state index contributed by atoms with van der Waals surface area (Å²) in [6.07, 6.45) is 0. The first-order valence-corrected chi connectivity index (χ1v) is 9.72. The van der Waals surface area contributed by atoms with Crippen molar-refractivity contribution in [1.29, 1.82) is 0 Å². The van der Waals surface area contributed by atoms with Crippen molar-refractivity contribution < 1.29 is 27.0 Å². The summed E-state index contributed by atoms with van der Waals surface area (Å²) in [6, 6.07) is 16.5. The van der Waals surface area contributed by atoms with Gasteiger partial charge in [-0.25, -0.2) is 4.39 Å². The molecular formula is C20H12ClFO5S. The number of hydrogen-bond acceptors (Lipinski definition) is 4. The molecule has 0 spiro atoms. The van der Waals surface area contributed by atoms with Gasteiger partial charge in [0.05, 0.1) is 9.92 Å². The van der Waals surface area contributed by atoms with Crippen LogP contribution in [0.5, 0.6) is 0 Å². The maximum absolute atomic E-state index is 12.5. The Morgan fingerprint density at radius 1 is 0.750 bits per heavy atom. The van der Waals surface area contributed by atoms with Gasteiger partial charge < -0.3 is 0 Å². The Balaban J connectivity index is 0.000000169. The molecule has 142 valence electrons. The van der Waals surface area contributed by atoms with Gasteiger partial charge >= 0.3 is 0 Å². The van der Waals surface area contributed by atoms with E-state index in [-0.39, 0.29) is 16.6 Å². The molecule has 0 saturated heterocycles. The van der Waals surface area contributed by atoms with E-state index in [0.717, 1.165) is 18.2 Å². The number of benzene rings is 3. The van der Waals surface area contributed by atoms with Crippen LogP contribution in [0.4, 0.5) is 4.39 Å². The highest BCUT2D eigenvalue weighted by Crippen LogP contribution is 2.26. The predicted octanol–water partition coefficient (Wildman–Crippen LogP) is 4.19. The maximum atomic E-state index is 12.5. The summed E-state index contributed by atoms with van der Waals surface area (Å²) in [4.78, 5) is 23.8. The zero-order chi connectivity index (χ0) is 20.5. The third-order valence-corrected chi connectivity index (χ3v) is 5.16. The highest BCUT2D eigenvalue weighted by atomic mass is 35.5. The van der Waals surface area contributed by atoms with E-state index < -0.39 is 20.8 Å². The van der Waals surface area contributed by atoms with Crippen LogP contribution in [0.25, 0.3) is 0 Å². The summed E-state index contributed by atoms with van der Waals surface area (Å²) >= 11 is 5.27. The Kier molecular flexibility index (Phi) is 5.42. The molecule has 4 rings (SSSR count). The van der Waals surface area contributed by atoms with Crippen LogP contribution >= 0.6 is 11.6 Å². The van der Waals surface area contributed by atoms with E-state index >= 15 is 0 Å². The second-order valence-corrected chi connectivity index (χ2v) is 7.63. The largest absolute Gasteiger partial charge is 0.294 e. The lowest BCUT2D eigenvalue weighted by molar-refractivity contribution is 0.0979. The first kappa shape index (κ1) is 19.9. The quantitative estimate of drug-likeness (QED) is 0.468. The topological polar surface area (TPSA) is 88.5 Å². The smallest absolute Gasteiger partial charge is 0.289 e. The molecule has 3 aromatic carbocycles. The zero-order valence-corrected chi connectivity index (χ0v) is 15.7. The van der Waals surface area contributed by atoms with Crippen molar-refractivity contribution in [3.05, 3.63) is 99.8 Å². The average Bonchev–Trinajstić information content (AvgIpc) is 2.68. The number of carbonyl (C=O) groups excluding carboxylic acids is 2. The molecule has 0 amide bonds. The molecule has 3 aromatic rings. The lowest BCUT2D eigenvalue weighted by atomic mass is 9.84. The standard InChI is InChI=1S/C14H8O2.C6H4ClFO3S/c15-13-9-5-1-2-6-10(9)14(16)12-8-4-3-7-11(12)13;7-5-3-4(12(9,10)11)1-2-6(5)8/h1-8H;1-3H,(H,9,10,11). The van der Waals surface area contributed by atoms with Gasteiger partial charge in [0, 0.05) is 22.3 Å². The molecule has 0 atom stereocenters. The first-order chi connectivity index (χ1) is 13.2. The van der Waals surface area contributed by atoms with Crippen molar-refractivity contribution in [3.8, 4) is 0 Å². The molecule has 8 heteroatoms. The van der Waals surface area contributed by atoms with Crippen LogP contribution in [0.15, 0.2) is 71.6 Å². The number of rotatable bonds is 1. The van der Waals surface area contributed by atoms with Gasteiger partial charge in [0.2, 0.25) is 0 Å². The molecule has 0 saturated carbocycles. The summed E-state index contributed by atoms with van der Waals surface area (Å²) < 4.78 is 41.9. The van der Waals surface area contributed by atoms with E-state index in [9.17, 15) is 22.4 Å². The molecule has 5 nitrogen and oxygen atoms in total. The van der Waals surface area contributed by atoms with Crippen LogP contribution in [-0.4, -0.2) is 24.5 Å². The fourth-order valence-corrected chi connectivity index (χ4v) is 3.44. The summed E-state index contributed by atoms with van der Waals surface area (Å²) in [5, 5.41) is -0.342. The molecular weight excluding hydrogens is 407 g/mol. The van der Waals surface area contributed by atoms with Gasteiger partial charge in [-0.15, -0.1) is 0 Å². The molecule has 1 aliphatic rings. The molecule has 28 heavy (non-hydrogen) atoms. The second kappa shape index (κ2) is 7.63. The molecule has 1 aliphatic carbocycles. The average molecular weight is 419 g/mol. The van der Waals surface area contributed by atoms with Gasteiger partial charge in [0.1, 0.15) is 5.82 Å². The van der Waals surface area contributed by atoms with Gasteiger partial charge in [-0.2, -0.15) is 8.42 Å². The lowest BCUT2D eigenvalue weighted by Crippen LogP contribution is -2.20. The summed E-state index contributed by atoms with van der Waals surface area (Å²) in [5.74, 6) is -0.860. The van der Waals surface area contributed by atoms with Crippen LogP contribution in [0, 0.1) is 5.82 Å². The minimum atomic E-state index is -4.29. The molecule has 0 aliphatic heterocycles. The molecule has 0 unspecified atom stereocenters. The predicted molar refractivity (Wildman–Crippen MR) is 101 cm³/mol. The van der Waals surface area contributed by atoms with E-state index in [1.165, 1.54) is 0 Å². The van der Waals surface area contributed by atoms with E-state index in [1.54, 1.807) is 48.5 Å². The fraction of sp³-hybridized carbons (Fsp3) is 0. The van der Waals surface area contributed by atoms with Crippen LogP contribution < -0.4 is 0 Å². The van der Waals surface area contributed by atoms with E-state index in [1.807, 2.05) is 0 Å². The summed E-state index contributed by atoms with van der Waals surface area (Å²) in [6.45, 7) is 0. The third-order valence-electron chi connectivity index (χ3n) is 4.02. The second-order valence-electron chi connectivity index (χ2n) is 5.80. The Morgan fingerprint density at radius 3 is 1.46 bits per heavy atom. The van der Waals surface area contributed by atoms with Gasteiger partial charge in [-0.05, 0) is 18.2 Å². The van der Waals surface area contributed by atoms with Crippen molar-refractivity contribution >= 4 is 33.3 Å². The van der Waals surface area contributed by atoms with Crippen LogP contribution in [0.1, 0.15) is 31.8 Å². The Morgan fingerprint density at radius 2 is 1.14 bits per heavy atom. The lowest BCUT2D eigenvalue weighted by Gasteiger charge is -2.16. The van der Waals surface area contributed by atoms with Gasteiger partial charge in [0.25, 0.3) is 10.1 Å². The monoisotopic (exact) mass is 418 g/mol. The molecule has 0 bridgehead atoms. The highest BCUT2D eigenvalue weighted by molar-refractivity contribution is 7.85. The SMILES string of the molecule is O=C1c2ccccc2C(=O)c2ccccc21.O=S(=O)(O)c1ccc(F)c(Cl)c1. The number of hydrogen-bond donors (Lipinski definition) is 1. The maximum Gasteiger partial charge on any atom is 0.294 e. The van der Waals surface area contributed by atoms with Crippen LogP contribution in [-0.2, 0) is 10.1 Å². The number of halogens is 2. The van der Waals surface area contributed by atoms with Gasteiger partial charge in [0.15, 0.2) is 11.6 Å². The zero-order valence-electron chi connectivity index (χ0n) is 14.1. The molecule has 0 aromatic heterocycles.